The monoisotopic (exact) mass is 380 g/mol. The lowest BCUT2D eigenvalue weighted by Gasteiger charge is -2.38. The molecular formula is C21H21FN4O2. The zero-order valence-corrected chi connectivity index (χ0v) is 15.7. The number of carbonyl (C=O) groups excluding carboxylic acids is 1. The van der Waals surface area contributed by atoms with Crippen LogP contribution in [0.5, 0.6) is 0 Å². The van der Waals surface area contributed by atoms with Crippen molar-refractivity contribution in [2.75, 3.05) is 13.1 Å². The summed E-state index contributed by atoms with van der Waals surface area (Å²) in [5.41, 5.74) is 2.17. The SMILES string of the molecule is Cc1cc(C(=O)N2CCC3(CC2)CCn2c(-c4cccc(F)c4)cnc23)no1. The van der Waals surface area contributed by atoms with Crippen molar-refractivity contribution in [3.8, 4) is 11.3 Å². The van der Waals surface area contributed by atoms with Gasteiger partial charge in [0.1, 0.15) is 17.4 Å². The Morgan fingerprint density at radius 3 is 2.68 bits per heavy atom. The van der Waals surface area contributed by atoms with E-state index >= 15 is 0 Å². The first kappa shape index (κ1) is 17.2. The zero-order chi connectivity index (χ0) is 19.3. The van der Waals surface area contributed by atoms with Crippen LogP contribution in [-0.4, -0.2) is 38.6 Å². The van der Waals surface area contributed by atoms with Gasteiger partial charge in [0.15, 0.2) is 5.69 Å². The third kappa shape index (κ3) is 2.65. The fourth-order valence-electron chi connectivity index (χ4n) is 4.58. The van der Waals surface area contributed by atoms with Gasteiger partial charge >= 0.3 is 0 Å². The number of hydrogen-bond donors (Lipinski definition) is 0. The fourth-order valence-corrected chi connectivity index (χ4v) is 4.58. The summed E-state index contributed by atoms with van der Waals surface area (Å²) in [7, 11) is 0. The molecule has 2 aliphatic rings. The van der Waals surface area contributed by atoms with Crippen LogP contribution in [0.15, 0.2) is 41.1 Å². The Morgan fingerprint density at radius 1 is 1.18 bits per heavy atom. The number of fused-ring (bicyclic) bond motifs is 2. The lowest BCUT2D eigenvalue weighted by atomic mass is 9.76. The molecule has 0 saturated carbocycles. The van der Waals surface area contributed by atoms with Gasteiger partial charge in [-0.05, 0) is 38.3 Å². The first-order valence-corrected chi connectivity index (χ1v) is 9.60. The molecule has 7 heteroatoms. The van der Waals surface area contributed by atoms with Gasteiger partial charge in [0, 0.05) is 36.7 Å². The van der Waals surface area contributed by atoms with Crippen LogP contribution in [0.1, 0.15) is 41.3 Å². The summed E-state index contributed by atoms with van der Waals surface area (Å²) in [6, 6.07) is 8.33. The van der Waals surface area contributed by atoms with E-state index in [4.69, 9.17) is 9.51 Å². The number of aromatic nitrogens is 3. The number of aryl methyl sites for hydroxylation is 1. The third-order valence-electron chi connectivity index (χ3n) is 6.12. The van der Waals surface area contributed by atoms with Crippen molar-refractivity contribution in [2.24, 2.45) is 0 Å². The summed E-state index contributed by atoms with van der Waals surface area (Å²) in [4.78, 5) is 19.2. The normalized spacial score (nSPS) is 17.9. The molecule has 0 N–H and O–H groups in total. The van der Waals surface area contributed by atoms with Crippen LogP contribution < -0.4 is 0 Å². The molecule has 28 heavy (non-hydrogen) atoms. The Bertz CT molecular complexity index is 1050. The summed E-state index contributed by atoms with van der Waals surface area (Å²) in [6.07, 6.45) is 4.59. The van der Waals surface area contributed by atoms with Gasteiger partial charge in [0.05, 0.1) is 11.9 Å². The van der Waals surface area contributed by atoms with Crippen LogP contribution in [0.4, 0.5) is 4.39 Å². The number of rotatable bonds is 2. The highest BCUT2D eigenvalue weighted by atomic mass is 19.1. The van der Waals surface area contributed by atoms with Crippen molar-refractivity contribution in [3.05, 3.63) is 59.6 Å². The number of likely N-dealkylation sites (tertiary alicyclic amines) is 1. The fraction of sp³-hybridized carbons (Fsp3) is 0.381. The van der Waals surface area contributed by atoms with E-state index in [-0.39, 0.29) is 17.1 Å². The van der Waals surface area contributed by atoms with Gasteiger partial charge in [0.2, 0.25) is 0 Å². The van der Waals surface area contributed by atoms with E-state index in [1.54, 1.807) is 25.1 Å². The molecule has 2 aliphatic heterocycles. The Labute approximate surface area is 162 Å². The summed E-state index contributed by atoms with van der Waals surface area (Å²) in [5, 5.41) is 3.85. The van der Waals surface area contributed by atoms with Crippen LogP contribution in [0.2, 0.25) is 0 Å². The van der Waals surface area contributed by atoms with E-state index in [2.05, 4.69) is 9.72 Å². The van der Waals surface area contributed by atoms with E-state index < -0.39 is 0 Å². The highest BCUT2D eigenvalue weighted by Crippen LogP contribution is 2.44. The molecule has 0 atom stereocenters. The lowest BCUT2D eigenvalue weighted by Crippen LogP contribution is -2.44. The van der Waals surface area contributed by atoms with Gasteiger partial charge in [-0.15, -0.1) is 0 Å². The summed E-state index contributed by atoms with van der Waals surface area (Å²) in [5.74, 6) is 1.39. The number of hydrogen-bond acceptors (Lipinski definition) is 4. The standard InChI is InChI=1S/C21H21FN4O2/c1-14-11-17(24-28-14)19(27)25-8-5-21(6-9-25)7-10-26-18(13-23-20(21)26)15-3-2-4-16(22)12-15/h2-4,11-13H,5-10H2,1H3. The average molecular weight is 380 g/mol. The minimum atomic E-state index is -0.240. The number of nitrogens with zero attached hydrogens (tertiary/aromatic N) is 4. The molecule has 1 aromatic carbocycles. The summed E-state index contributed by atoms with van der Waals surface area (Å²) in [6.45, 7) is 4.00. The van der Waals surface area contributed by atoms with Crippen molar-refractivity contribution < 1.29 is 13.7 Å². The number of amides is 1. The molecule has 6 nitrogen and oxygen atoms in total. The summed E-state index contributed by atoms with van der Waals surface area (Å²) >= 11 is 0. The second-order valence-electron chi connectivity index (χ2n) is 7.77. The van der Waals surface area contributed by atoms with E-state index in [1.807, 2.05) is 17.2 Å². The predicted octanol–water partition coefficient (Wildman–Crippen LogP) is 3.56. The van der Waals surface area contributed by atoms with Gasteiger partial charge in [-0.3, -0.25) is 4.79 Å². The Hall–Kier alpha value is -2.96. The average Bonchev–Trinajstić information content (AvgIpc) is 3.40. The zero-order valence-electron chi connectivity index (χ0n) is 15.7. The Kier molecular flexibility index (Phi) is 3.86. The maximum Gasteiger partial charge on any atom is 0.276 e. The maximum atomic E-state index is 13.6. The first-order valence-electron chi connectivity index (χ1n) is 9.60. The van der Waals surface area contributed by atoms with Gasteiger partial charge in [0.25, 0.3) is 5.91 Å². The van der Waals surface area contributed by atoms with Crippen molar-refractivity contribution in [2.45, 2.75) is 38.1 Å². The molecule has 0 unspecified atom stereocenters. The van der Waals surface area contributed by atoms with Gasteiger partial charge in [-0.1, -0.05) is 17.3 Å². The minimum Gasteiger partial charge on any atom is -0.361 e. The van der Waals surface area contributed by atoms with Crippen LogP contribution in [-0.2, 0) is 12.0 Å². The Morgan fingerprint density at radius 2 is 1.96 bits per heavy atom. The number of carbonyl (C=O) groups is 1. The molecule has 3 aromatic rings. The van der Waals surface area contributed by atoms with Crippen LogP contribution in [0.25, 0.3) is 11.3 Å². The lowest BCUT2D eigenvalue weighted by molar-refractivity contribution is 0.0653. The Balaban J connectivity index is 1.37. The van der Waals surface area contributed by atoms with Crippen molar-refractivity contribution in [1.29, 1.82) is 0 Å². The molecule has 5 rings (SSSR count). The molecule has 1 amide bonds. The van der Waals surface area contributed by atoms with Crippen LogP contribution in [0.3, 0.4) is 0 Å². The number of imidazole rings is 1. The highest BCUT2D eigenvalue weighted by molar-refractivity contribution is 5.92. The van der Waals surface area contributed by atoms with E-state index in [0.29, 0.717) is 24.5 Å². The molecule has 2 aromatic heterocycles. The molecule has 4 heterocycles. The van der Waals surface area contributed by atoms with Gasteiger partial charge < -0.3 is 14.0 Å². The highest BCUT2D eigenvalue weighted by Gasteiger charge is 2.44. The minimum absolute atomic E-state index is 0.0118. The topological polar surface area (TPSA) is 64.2 Å². The van der Waals surface area contributed by atoms with Gasteiger partial charge in [-0.2, -0.15) is 0 Å². The molecule has 0 aliphatic carbocycles. The second kappa shape index (κ2) is 6.29. The molecule has 1 spiro atoms. The summed E-state index contributed by atoms with van der Waals surface area (Å²) < 4.78 is 20.9. The molecule has 0 bridgehead atoms. The van der Waals surface area contributed by atoms with Crippen LogP contribution in [0, 0.1) is 12.7 Å². The smallest absolute Gasteiger partial charge is 0.276 e. The molecule has 1 fully saturated rings. The number of piperidine rings is 1. The first-order chi connectivity index (χ1) is 13.6. The quantitative estimate of drug-likeness (QED) is 0.682. The van der Waals surface area contributed by atoms with Crippen LogP contribution >= 0.6 is 0 Å². The van der Waals surface area contributed by atoms with Gasteiger partial charge in [-0.25, -0.2) is 9.37 Å². The second-order valence-corrected chi connectivity index (χ2v) is 7.77. The maximum absolute atomic E-state index is 13.6. The number of benzene rings is 1. The molecule has 144 valence electrons. The van der Waals surface area contributed by atoms with Crippen molar-refractivity contribution in [3.63, 3.8) is 0 Å². The van der Waals surface area contributed by atoms with Crippen molar-refractivity contribution >= 4 is 5.91 Å². The van der Waals surface area contributed by atoms with E-state index in [0.717, 1.165) is 42.9 Å². The predicted molar refractivity (Wildman–Crippen MR) is 100 cm³/mol. The molecular weight excluding hydrogens is 359 g/mol. The van der Waals surface area contributed by atoms with Crippen molar-refractivity contribution in [1.82, 2.24) is 19.6 Å². The molecule has 1 saturated heterocycles. The van der Waals surface area contributed by atoms with E-state index in [1.165, 1.54) is 6.07 Å². The molecule has 0 radical (unpaired) electrons. The van der Waals surface area contributed by atoms with E-state index in [9.17, 15) is 9.18 Å². The number of halogens is 1. The largest absolute Gasteiger partial charge is 0.361 e. The third-order valence-corrected chi connectivity index (χ3v) is 6.12.